The lowest BCUT2D eigenvalue weighted by Crippen LogP contribution is -2.06. The van der Waals surface area contributed by atoms with Crippen LogP contribution in [-0.4, -0.2) is 26.8 Å². The number of ether oxygens (including phenoxy) is 3. The Kier molecular flexibility index (Phi) is 7.28. The molecule has 146 valence electrons. The van der Waals surface area contributed by atoms with E-state index < -0.39 is 0 Å². The van der Waals surface area contributed by atoms with Gasteiger partial charge < -0.3 is 14.2 Å². The third-order valence-corrected chi connectivity index (χ3v) is 5.01. The van der Waals surface area contributed by atoms with E-state index in [0.717, 1.165) is 45.7 Å². The highest BCUT2D eigenvalue weighted by Crippen LogP contribution is 2.38. The fourth-order valence-electron chi connectivity index (χ4n) is 3.53. The SMILES string of the molecule is CCOC(=O)CCc1cccc(Cc2c(C)c(OC)c(C)c(C)c2OC)c1. The molecule has 2 aromatic rings. The molecule has 0 aromatic heterocycles. The summed E-state index contributed by atoms with van der Waals surface area (Å²) in [5, 5.41) is 0. The molecule has 0 saturated carbocycles. The fourth-order valence-corrected chi connectivity index (χ4v) is 3.53. The Balaban J connectivity index is 2.31. The van der Waals surface area contributed by atoms with Gasteiger partial charge in [-0.2, -0.15) is 0 Å². The summed E-state index contributed by atoms with van der Waals surface area (Å²) in [6.45, 7) is 8.45. The lowest BCUT2D eigenvalue weighted by Gasteiger charge is -2.20. The minimum absolute atomic E-state index is 0.153. The van der Waals surface area contributed by atoms with Gasteiger partial charge in [-0.25, -0.2) is 0 Å². The van der Waals surface area contributed by atoms with Gasteiger partial charge in [0, 0.05) is 18.4 Å². The topological polar surface area (TPSA) is 44.8 Å². The summed E-state index contributed by atoms with van der Waals surface area (Å²) < 4.78 is 16.4. The molecule has 0 N–H and O–H groups in total. The molecule has 4 heteroatoms. The van der Waals surface area contributed by atoms with Gasteiger partial charge in [0.25, 0.3) is 0 Å². The number of rotatable bonds is 8. The van der Waals surface area contributed by atoms with Crippen LogP contribution in [0.2, 0.25) is 0 Å². The van der Waals surface area contributed by atoms with Crippen LogP contribution in [0.15, 0.2) is 24.3 Å². The van der Waals surface area contributed by atoms with Crippen LogP contribution in [0.1, 0.15) is 46.7 Å². The van der Waals surface area contributed by atoms with Crippen molar-refractivity contribution < 1.29 is 19.0 Å². The van der Waals surface area contributed by atoms with Gasteiger partial charge in [-0.05, 0) is 61.9 Å². The van der Waals surface area contributed by atoms with Crippen LogP contribution >= 0.6 is 0 Å². The molecule has 0 atom stereocenters. The highest BCUT2D eigenvalue weighted by Gasteiger charge is 2.19. The Morgan fingerprint density at radius 1 is 0.926 bits per heavy atom. The van der Waals surface area contributed by atoms with E-state index in [0.29, 0.717) is 19.4 Å². The normalized spacial score (nSPS) is 10.6. The third-order valence-electron chi connectivity index (χ3n) is 5.01. The monoisotopic (exact) mass is 370 g/mol. The predicted molar refractivity (Wildman–Crippen MR) is 108 cm³/mol. The van der Waals surface area contributed by atoms with E-state index in [4.69, 9.17) is 14.2 Å². The summed E-state index contributed by atoms with van der Waals surface area (Å²) >= 11 is 0. The van der Waals surface area contributed by atoms with Crippen LogP contribution in [-0.2, 0) is 22.4 Å². The zero-order valence-corrected chi connectivity index (χ0v) is 17.3. The summed E-state index contributed by atoms with van der Waals surface area (Å²) in [4.78, 5) is 11.6. The van der Waals surface area contributed by atoms with Crippen molar-refractivity contribution in [2.75, 3.05) is 20.8 Å². The van der Waals surface area contributed by atoms with Crippen LogP contribution in [0, 0.1) is 20.8 Å². The van der Waals surface area contributed by atoms with Gasteiger partial charge >= 0.3 is 5.97 Å². The smallest absolute Gasteiger partial charge is 0.306 e. The second kappa shape index (κ2) is 9.45. The number of hydrogen-bond donors (Lipinski definition) is 0. The van der Waals surface area contributed by atoms with Crippen LogP contribution < -0.4 is 9.47 Å². The lowest BCUT2D eigenvalue weighted by atomic mass is 9.92. The molecule has 0 saturated heterocycles. The van der Waals surface area contributed by atoms with Crippen molar-refractivity contribution in [1.29, 1.82) is 0 Å². The van der Waals surface area contributed by atoms with Crippen molar-refractivity contribution in [1.82, 2.24) is 0 Å². The number of esters is 1. The van der Waals surface area contributed by atoms with Gasteiger partial charge in [-0.3, -0.25) is 4.79 Å². The van der Waals surface area contributed by atoms with Crippen LogP contribution in [0.4, 0.5) is 0 Å². The molecule has 2 rings (SSSR count). The highest BCUT2D eigenvalue weighted by atomic mass is 16.5. The zero-order valence-electron chi connectivity index (χ0n) is 17.3. The average molecular weight is 370 g/mol. The number of benzene rings is 2. The lowest BCUT2D eigenvalue weighted by molar-refractivity contribution is -0.143. The Bertz CT molecular complexity index is 809. The van der Waals surface area contributed by atoms with E-state index >= 15 is 0 Å². The van der Waals surface area contributed by atoms with E-state index in [-0.39, 0.29) is 5.97 Å². The van der Waals surface area contributed by atoms with Crippen LogP contribution in [0.25, 0.3) is 0 Å². The van der Waals surface area contributed by atoms with E-state index in [2.05, 4.69) is 32.9 Å². The molecule has 0 fully saturated rings. The van der Waals surface area contributed by atoms with Crippen LogP contribution in [0.5, 0.6) is 11.5 Å². The molecule has 0 heterocycles. The van der Waals surface area contributed by atoms with Crippen molar-refractivity contribution in [2.24, 2.45) is 0 Å². The number of aryl methyl sites for hydroxylation is 1. The average Bonchev–Trinajstić information content (AvgIpc) is 2.66. The standard InChI is InChI=1S/C23H30O4/c1-7-27-21(24)12-11-18-9-8-10-19(13-18)14-20-17(4)22(25-5)15(2)16(3)23(20)26-6/h8-10,13H,7,11-12,14H2,1-6H3. The van der Waals surface area contributed by atoms with Gasteiger partial charge in [0.05, 0.1) is 20.8 Å². The predicted octanol–water partition coefficient (Wildman–Crippen LogP) is 4.72. The fraction of sp³-hybridized carbons (Fsp3) is 0.435. The number of carbonyl (C=O) groups is 1. The second-order valence-corrected chi connectivity index (χ2v) is 6.72. The highest BCUT2D eigenvalue weighted by molar-refractivity contribution is 5.69. The molecule has 0 aliphatic heterocycles. The summed E-state index contributed by atoms with van der Waals surface area (Å²) in [5.74, 6) is 1.68. The third kappa shape index (κ3) is 4.82. The first-order chi connectivity index (χ1) is 12.9. The molecule has 0 spiro atoms. The first kappa shape index (κ1) is 20.8. The molecule has 0 aliphatic rings. The Morgan fingerprint density at radius 3 is 2.19 bits per heavy atom. The first-order valence-electron chi connectivity index (χ1n) is 9.36. The molecular formula is C23H30O4. The quantitative estimate of drug-likeness (QED) is 0.631. The summed E-state index contributed by atoms with van der Waals surface area (Å²) in [5.41, 5.74) is 6.78. The largest absolute Gasteiger partial charge is 0.496 e. The molecule has 0 amide bonds. The summed E-state index contributed by atoms with van der Waals surface area (Å²) in [6, 6.07) is 8.35. The van der Waals surface area contributed by atoms with Crippen molar-refractivity contribution in [3.05, 3.63) is 57.6 Å². The van der Waals surface area contributed by atoms with Crippen molar-refractivity contribution in [3.8, 4) is 11.5 Å². The van der Waals surface area contributed by atoms with Gasteiger partial charge in [-0.15, -0.1) is 0 Å². The molecular weight excluding hydrogens is 340 g/mol. The molecule has 0 bridgehead atoms. The van der Waals surface area contributed by atoms with Crippen molar-refractivity contribution >= 4 is 5.97 Å². The van der Waals surface area contributed by atoms with Crippen LogP contribution in [0.3, 0.4) is 0 Å². The summed E-state index contributed by atoms with van der Waals surface area (Å²) in [6.07, 6.45) is 1.83. The molecule has 0 aliphatic carbocycles. The van der Waals surface area contributed by atoms with E-state index in [1.807, 2.05) is 19.1 Å². The number of carbonyl (C=O) groups excluding carboxylic acids is 1. The second-order valence-electron chi connectivity index (χ2n) is 6.72. The van der Waals surface area contributed by atoms with Crippen molar-refractivity contribution in [2.45, 2.75) is 47.0 Å². The molecule has 0 radical (unpaired) electrons. The minimum Gasteiger partial charge on any atom is -0.496 e. The maximum atomic E-state index is 11.6. The van der Waals surface area contributed by atoms with Gasteiger partial charge in [0.15, 0.2) is 0 Å². The maximum absolute atomic E-state index is 11.6. The molecule has 0 unspecified atom stereocenters. The van der Waals surface area contributed by atoms with E-state index in [1.54, 1.807) is 14.2 Å². The molecule has 4 nitrogen and oxygen atoms in total. The first-order valence-corrected chi connectivity index (χ1v) is 9.36. The zero-order chi connectivity index (χ0) is 20.0. The van der Waals surface area contributed by atoms with Crippen molar-refractivity contribution in [3.63, 3.8) is 0 Å². The van der Waals surface area contributed by atoms with Gasteiger partial charge in [0.1, 0.15) is 11.5 Å². The number of methoxy groups -OCH3 is 2. The van der Waals surface area contributed by atoms with E-state index in [9.17, 15) is 4.79 Å². The summed E-state index contributed by atoms with van der Waals surface area (Å²) in [7, 11) is 3.42. The van der Waals surface area contributed by atoms with E-state index in [1.165, 1.54) is 5.56 Å². The maximum Gasteiger partial charge on any atom is 0.306 e. The molecule has 27 heavy (non-hydrogen) atoms. The minimum atomic E-state index is -0.153. The Labute approximate surface area is 162 Å². The Morgan fingerprint density at radius 2 is 1.56 bits per heavy atom. The Hall–Kier alpha value is -2.49. The molecule has 2 aromatic carbocycles. The number of hydrogen-bond acceptors (Lipinski definition) is 4. The van der Waals surface area contributed by atoms with Gasteiger partial charge in [-0.1, -0.05) is 24.3 Å². The van der Waals surface area contributed by atoms with Gasteiger partial charge in [0.2, 0.25) is 0 Å².